The minimum Gasteiger partial charge on any atom is -0.352 e. The normalized spacial score (nSPS) is 10.7. The molecule has 1 heterocycles. The van der Waals surface area contributed by atoms with E-state index in [0.717, 1.165) is 17.2 Å². The molecule has 3 aromatic rings. The van der Waals surface area contributed by atoms with Crippen LogP contribution in [0.1, 0.15) is 11.1 Å². The summed E-state index contributed by atoms with van der Waals surface area (Å²) in [5.41, 5.74) is 2.99. The van der Waals surface area contributed by atoms with E-state index in [-0.39, 0.29) is 11.5 Å². The Kier molecular flexibility index (Phi) is 3.54. The predicted molar refractivity (Wildman–Crippen MR) is 78.7 cm³/mol. The summed E-state index contributed by atoms with van der Waals surface area (Å²) < 4.78 is 27.8. The number of anilines is 2. The molecule has 0 aliphatic heterocycles. The van der Waals surface area contributed by atoms with E-state index in [0.29, 0.717) is 11.3 Å². The molecule has 2 N–H and O–H groups in total. The van der Waals surface area contributed by atoms with Gasteiger partial charge in [-0.3, -0.25) is 0 Å². The standard InChI is InChI=1S/C15H13F2N5/c1-8-3-6-12(9(2)7-8)18-14-10(15-19-21-22-20-15)4-5-11(16)13(14)17/h3-7,18H,1-2H3,(H,19,20,21,22). The molecule has 1 aromatic heterocycles. The number of tetrazole rings is 1. The highest BCUT2D eigenvalue weighted by Gasteiger charge is 2.18. The van der Waals surface area contributed by atoms with Crippen LogP contribution in [-0.4, -0.2) is 20.6 Å². The van der Waals surface area contributed by atoms with Crippen LogP contribution >= 0.6 is 0 Å². The van der Waals surface area contributed by atoms with Gasteiger partial charge in [0.05, 0.1) is 5.69 Å². The Hall–Kier alpha value is -2.83. The Bertz CT molecular complexity index is 815. The van der Waals surface area contributed by atoms with E-state index in [1.807, 2.05) is 32.0 Å². The monoisotopic (exact) mass is 301 g/mol. The summed E-state index contributed by atoms with van der Waals surface area (Å²) in [7, 11) is 0. The van der Waals surface area contributed by atoms with E-state index in [2.05, 4.69) is 25.9 Å². The molecule has 0 amide bonds. The third-order valence-electron chi connectivity index (χ3n) is 3.32. The van der Waals surface area contributed by atoms with Gasteiger partial charge >= 0.3 is 0 Å². The largest absolute Gasteiger partial charge is 0.352 e. The fraction of sp³-hybridized carbons (Fsp3) is 0.133. The molecule has 3 rings (SSSR count). The Labute approximate surface area is 125 Å². The minimum atomic E-state index is -0.984. The van der Waals surface area contributed by atoms with E-state index < -0.39 is 11.6 Å². The van der Waals surface area contributed by atoms with Gasteiger partial charge in [-0.05, 0) is 42.8 Å². The predicted octanol–water partition coefficient (Wildman–Crippen LogP) is 3.51. The van der Waals surface area contributed by atoms with Crippen LogP contribution in [0.25, 0.3) is 11.4 Å². The summed E-state index contributed by atoms with van der Waals surface area (Å²) in [4.78, 5) is 0. The Morgan fingerprint density at radius 2 is 1.91 bits per heavy atom. The van der Waals surface area contributed by atoms with Crippen molar-refractivity contribution < 1.29 is 8.78 Å². The van der Waals surface area contributed by atoms with Crippen LogP contribution < -0.4 is 5.32 Å². The first kappa shape index (κ1) is 14.1. The van der Waals surface area contributed by atoms with E-state index in [1.54, 1.807) is 0 Å². The van der Waals surface area contributed by atoms with E-state index >= 15 is 0 Å². The van der Waals surface area contributed by atoms with Crippen molar-refractivity contribution in [1.82, 2.24) is 20.6 Å². The molecular weight excluding hydrogens is 288 g/mol. The molecular formula is C15H13F2N5. The van der Waals surface area contributed by atoms with Crippen LogP contribution in [0, 0.1) is 25.5 Å². The molecule has 0 spiro atoms. The number of H-pyrrole nitrogens is 1. The smallest absolute Gasteiger partial charge is 0.206 e. The van der Waals surface area contributed by atoms with E-state index in [1.165, 1.54) is 6.07 Å². The summed E-state index contributed by atoms with van der Waals surface area (Å²) in [6, 6.07) is 8.10. The Morgan fingerprint density at radius 1 is 1.09 bits per heavy atom. The lowest BCUT2D eigenvalue weighted by Crippen LogP contribution is -2.01. The summed E-state index contributed by atoms with van der Waals surface area (Å²) in [5, 5.41) is 16.3. The van der Waals surface area contributed by atoms with Crippen molar-refractivity contribution >= 4 is 11.4 Å². The molecule has 112 valence electrons. The molecule has 0 aliphatic carbocycles. The second kappa shape index (κ2) is 5.51. The fourth-order valence-corrected chi connectivity index (χ4v) is 2.22. The van der Waals surface area contributed by atoms with Crippen LogP contribution in [-0.2, 0) is 0 Å². The molecule has 0 bridgehead atoms. The van der Waals surface area contributed by atoms with Crippen LogP contribution in [0.2, 0.25) is 0 Å². The van der Waals surface area contributed by atoms with Crippen molar-refractivity contribution in [2.45, 2.75) is 13.8 Å². The molecule has 0 unspecified atom stereocenters. The first-order chi connectivity index (χ1) is 10.6. The molecule has 0 fully saturated rings. The number of nitrogens with one attached hydrogen (secondary N) is 2. The average Bonchev–Trinajstić information content (AvgIpc) is 3.00. The van der Waals surface area contributed by atoms with Crippen LogP contribution in [0.15, 0.2) is 30.3 Å². The zero-order chi connectivity index (χ0) is 15.7. The molecule has 0 saturated carbocycles. The number of aromatic amines is 1. The first-order valence-electron chi connectivity index (χ1n) is 6.62. The minimum absolute atomic E-state index is 0.0200. The summed E-state index contributed by atoms with van der Waals surface area (Å²) in [5.74, 6) is -1.74. The maximum atomic E-state index is 14.2. The maximum absolute atomic E-state index is 14.2. The van der Waals surface area contributed by atoms with E-state index in [4.69, 9.17) is 0 Å². The van der Waals surface area contributed by atoms with Gasteiger partial charge in [-0.15, -0.1) is 10.2 Å². The number of nitrogens with zero attached hydrogens (tertiary/aromatic N) is 3. The molecule has 0 saturated heterocycles. The second-order valence-corrected chi connectivity index (χ2v) is 4.96. The number of halogens is 2. The highest BCUT2D eigenvalue weighted by atomic mass is 19.2. The Balaban J connectivity index is 2.11. The summed E-state index contributed by atoms with van der Waals surface area (Å²) >= 11 is 0. The average molecular weight is 301 g/mol. The first-order valence-corrected chi connectivity index (χ1v) is 6.62. The fourth-order valence-electron chi connectivity index (χ4n) is 2.22. The number of benzene rings is 2. The zero-order valence-corrected chi connectivity index (χ0v) is 12.0. The van der Waals surface area contributed by atoms with Crippen LogP contribution in [0.4, 0.5) is 20.2 Å². The van der Waals surface area contributed by atoms with Gasteiger partial charge in [0.15, 0.2) is 11.6 Å². The topological polar surface area (TPSA) is 66.5 Å². The Morgan fingerprint density at radius 3 is 2.59 bits per heavy atom. The SMILES string of the molecule is Cc1ccc(Nc2c(-c3nn[nH]n3)ccc(F)c2F)c(C)c1. The second-order valence-electron chi connectivity index (χ2n) is 4.96. The summed E-state index contributed by atoms with van der Waals surface area (Å²) in [6.07, 6.45) is 0. The third-order valence-corrected chi connectivity index (χ3v) is 3.32. The molecule has 5 nitrogen and oxygen atoms in total. The zero-order valence-electron chi connectivity index (χ0n) is 12.0. The lowest BCUT2D eigenvalue weighted by atomic mass is 10.1. The van der Waals surface area contributed by atoms with Gasteiger partial charge in [0, 0.05) is 11.3 Å². The lowest BCUT2D eigenvalue weighted by molar-refractivity contribution is 0.512. The number of aryl methyl sites for hydroxylation is 2. The highest BCUT2D eigenvalue weighted by molar-refractivity contribution is 5.78. The highest BCUT2D eigenvalue weighted by Crippen LogP contribution is 2.32. The quantitative estimate of drug-likeness (QED) is 0.777. The van der Waals surface area contributed by atoms with Gasteiger partial charge in [0.2, 0.25) is 5.82 Å². The third kappa shape index (κ3) is 2.52. The van der Waals surface area contributed by atoms with Crippen molar-refractivity contribution in [3.05, 3.63) is 53.1 Å². The van der Waals surface area contributed by atoms with Crippen molar-refractivity contribution in [2.75, 3.05) is 5.32 Å². The molecule has 7 heteroatoms. The summed E-state index contributed by atoms with van der Waals surface area (Å²) in [6.45, 7) is 3.85. The van der Waals surface area contributed by atoms with Crippen molar-refractivity contribution in [3.63, 3.8) is 0 Å². The lowest BCUT2D eigenvalue weighted by Gasteiger charge is -2.14. The van der Waals surface area contributed by atoms with Crippen LogP contribution in [0.3, 0.4) is 0 Å². The number of hydrogen-bond donors (Lipinski definition) is 2. The van der Waals surface area contributed by atoms with E-state index in [9.17, 15) is 8.78 Å². The number of hydrogen-bond acceptors (Lipinski definition) is 4. The van der Waals surface area contributed by atoms with Crippen molar-refractivity contribution in [3.8, 4) is 11.4 Å². The number of aromatic nitrogens is 4. The van der Waals surface area contributed by atoms with Crippen LogP contribution in [0.5, 0.6) is 0 Å². The van der Waals surface area contributed by atoms with Gasteiger partial charge in [-0.25, -0.2) is 8.78 Å². The van der Waals surface area contributed by atoms with Gasteiger partial charge in [0.1, 0.15) is 0 Å². The molecule has 0 aliphatic rings. The molecule has 0 atom stereocenters. The maximum Gasteiger partial charge on any atom is 0.206 e. The van der Waals surface area contributed by atoms with Gasteiger partial charge in [0.25, 0.3) is 0 Å². The number of rotatable bonds is 3. The van der Waals surface area contributed by atoms with Gasteiger partial charge in [-0.1, -0.05) is 17.7 Å². The van der Waals surface area contributed by atoms with Crippen molar-refractivity contribution in [2.24, 2.45) is 0 Å². The van der Waals surface area contributed by atoms with Gasteiger partial charge < -0.3 is 5.32 Å². The van der Waals surface area contributed by atoms with Crippen molar-refractivity contribution in [1.29, 1.82) is 0 Å². The van der Waals surface area contributed by atoms with Gasteiger partial charge in [-0.2, -0.15) is 5.21 Å². The molecule has 2 aromatic carbocycles. The molecule has 22 heavy (non-hydrogen) atoms. The molecule has 0 radical (unpaired) electrons.